The topological polar surface area (TPSA) is 47.3 Å². The summed E-state index contributed by atoms with van der Waals surface area (Å²) in [6.45, 7) is 2.03. The van der Waals surface area contributed by atoms with Gasteiger partial charge in [0.2, 0.25) is 0 Å². The van der Waals surface area contributed by atoms with Crippen LogP contribution in [0.5, 0.6) is 0 Å². The molecule has 0 atom stereocenters. The van der Waals surface area contributed by atoms with E-state index in [1.54, 1.807) is 0 Å². The van der Waals surface area contributed by atoms with Gasteiger partial charge < -0.3 is 15.8 Å². The molecule has 3 N–H and O–H groups in total. The molecule has 0 spiro atoms. The number of nitrogens with one attached hydrogen (secondary N) is 1. The van der Waals surface area contributed by atoms with E-state index < -0.39 is 5.82 Å². The summed E-state index contributed by atoms with van der Waals surface area (Å²) in [5.74, 6) is 0.287. The van der Waals surface area contributed by atoms with E-state index in [0.717, 1.165) is 12.5 Å². The molecule has 0 amide bonds. The predicted octanol–water partition coefficient (Wildman–Crippen LogP) is 2.90. The fourth-order valence-electron chi connectivity index (χ4n) is 1.51. The quantitative estimate of drug-likeness (QED) is 0.609. The van der Waals surface area contributed by atoms with Crippen molar-refractivity contribution in [3.63, 3.8) is 0 Å². The van der Waals surface area contributed by atoms with Crippen LogP contribution in [0.4, 0.5) is 15.8 Å². The summed E-state index contributed by atoms with van der Waals surface area (Å²) < 4.78 is 18.6. The van der Waals surface area contributed by atoms with Crippen LogP contribution >= 0.6 is 11.6 Å². The summed E-state index contributed by atoms with van der Waals surface area (Å²) >= 11 is 5.60. The van der Waals surface area contributed by atoms with Crippen LogP contribution in [0.15, 0.2) is 12.1 Å². The molecule has 17 heavy (non-hydrogen) atoms. The van der Waals surface area contributed by atoms with Crippen molar-refractivity contribution in [1.29, 1.82) is 0 Å². The van der Waals surface area contributed by atoms with Gasteiger partial charge in [-0.3, -0.25) is 0 Å². The monoisotopic (exact) mass is 258 g/mol. The van der Waals surface area contributed by atoms with Crippen LogP contribution in [0.25, 0.3) is 0 Å². The van der Waals surface area contributed by atoms with Crippen molar-refractivity contribution in [3.8, 4) is 0 Å². The summed E-state index contributed by atoms with van der Waals surface area (Å²) in [5, 5.41) is 3.07. The van der Waals surface area contributed by atoms with Crippen LogP contribution in [0.2, 0.25) is 5.02 Å². The highest BCUT2D eigenvalue weighted by atomic mass is 35.5. The lowest BCUT2D eigenvalue weighted by atomic mass is 10.2. The molecule has 0 aromatic heterocycles. The van der Waals surface area contributed by atoms with Crippen molar-refractivity contribution in [3.05, 3.63) is 23.0 Å². The van der Waals surface area contributed by atoms with E-state index in [1.807, 2.05) is 0 Å². The number of halogens is 2. The highest BCUT2D eigenvalue weighted by Gasteiger charge is 2.20. The van der Waals surface area contributed by atoms with Gasteiger partial charge in [-0.15, -0.1) is 0 Å². The molecule has 1 saturated carbocycles. The molecule has 0 unspecified atom stereocenters. The fraction of sp³-hybridized carbons (Fsp3) is 0.500. The zero-order chi connectivity index (χ0) is 12.3. The number of ether oxygens (including phenoxy) is 1. The first-order chi connectivity index (χ1) is 8.16. The molecule has 0 heterocycles. The van der Waals surface area contributed by atoms with Gasteiger partial charge in [0.05, 0.1) is 23.0 Å². The Labute approximate surface area is 105 Å². The summed E-state index contributed by atoms with van der Waals surface area (Å²) in [7, 11) is 0. The second-order valence-electron chi connectivity index (χ2n) is 4.30. The lowest BCUT2D eigenvalue weighted by Crippen LogP contribution is -2.12. The predicted molar refractivity (Wildman–Crippen MR) is 67.9 cm³/mol. The van der Waals surface area contributed by atoms with Crippen LogP contribution in [0.3, 0.4) is 0 Å². The molecule has 5 heteroatoms. The maximum atomic E-state index is 13.2. The molecular weight excluding hydrogens is 243 g/mol. The first-order valence-corrected chi connectivity index (χ1v) is 6.10. The van der Waals surface area contributed by atoms with Crippen molar-refractivity contribution >= 4 is 23.0 Å². The first kappa shape index (κ1) is 12.5. The second kappa shape index (κ2) is 5.56. The second-order valence-corrected chi connectivity index (χ2v) is 4.71. The lowest BCUT2D eigenvalue weighted by Gasteiger charge is -2.10. The van der Waals surface area contributed by atoms with Crippen LogP contribution < -0.4 is 11.1 Å². The van der Waals surface area contributed by atoms with E-state index in [4.69, 9.17) is 22.1 Å². The van der Waals surface area contributed by atoms with Crippen molar-refractivity contribution in [2.24, 2.45) is 5.92 Å². The van der Waals surface area contributed by atoms with Crippen LogP contribution in [-0.2, 0) is 4.74 Å². The maximum Gasteiger partial charge on any atom is 0.143 e. The molecular formula is C12H16ClFN2O. The molecule has 1 fully saturated rings. The smallest absolute Gasteiger partial charge is 0.143 e. The number of nitrogens with two attached hydrogens (primary N) is 1. The van der Waals surface area contributed by atoms with E-state index in [9.17, 15) is 4.39 Å². The molecule has 94 valence electrons. The molecule has 0 bridgehead atoms. The third kappa shape index (κ3) is 3.75. The average molecular weight is 259 g/mol. The molecule has 0 saturated heterocycles. The molecule has 1 aromatic carbocycles. The zero-order valence-corrected chi connectivity index (χ0v) is 10.3. The van der Waals surface area contributed by atoms with Crippen molar-refractivity contribution < 1.29 is 9.13 Å². The minimum Gasteiger partial charge on any atom is -0.397 e. The number of anilines is 2. The number of nitrogen functional groups attached to an aromatic ring is 1. The van der Waals surface area contributed by atoms with E-state index in [1.165, 1.54) is 25.0 Å². The van der Waals surface area contributed by atoms with Gasteiger partial charge in [0, 0.05) is 19.2 Å². The largest absolute Gasteiger partial charge is 0.397 e. The summed E-state index contributed by atoms with van der Waals surface area (Å²) in [6.07, 6.45) is 2.56. The average Bonchev–Trinajstić information content (AvgIpc) is 3.08. The Balaban J connectivity index is 1.75. The Morgan fingerprint density at radius 2 is 2.24 bits per heavy atom. The van der Waals surface area contributed by atoms with E-state index in [2.05, 4.69) is 5.32 Å². The molecule has 0 aliphatic heterocycles. The third-order valence-corrected chi connectivity index (χ3v) is 2.99. The van der Waals surface area contributed by atoms with Gasteiger partial charge in [0.25, 0.3) is 0 Å². The van der Waals surface area contributed by atoms with Crippen molar-refractivity contribution in [2.75, 3.05) is 30.8 Å². The minimum atomic E-state index is -0.470. The van der Waals surface area contributed by atoms with Gasteiger partial charge in [-0.05, 0) is 24.8 Å². The van der Waals surface area contributed by atoms with Gasteiger partial charge in [-0.2, -0.15) is 0 Å². The summed E-state index contributed by atoms with van der Waals surface area (Å²) in [6, 6.07) is 2.71. The molecule has 2 rings (SSSR count). The Kier molecular flexibility index (Phi) is 4.07. The standard InChI is InChI=1S/C12H16ClFN2O/c13-9-5-11(15)12(6-10(9)14)16-3-4-17-7-8-1-2-8/h5-6,8,16H,1-4,7,15H2. The third-order valence-electron chi connectivity index (χ3n) is 2.70. The summed E-state index contributed by atoms with van der Waals surface area (Å²) in [5.41, 5.74) is 6.71. The SMILES string of the molecule is Nc1cc(Cl)c(F)cc1NCCOCC1CC1. The van der Waals surface area contributed by atoms with Crippen LogP contribution in [-0.4, -0.2) is 19.8 Å². The highest BCUT2D eigenvalue weighted by Crippen LogP contribution is 2.29. The normalized spacial score (nSPS) is 14.9. The van der Waals surface area contributed by atoms with Gasteiger partial charge in [0.15, 0.2) is 0 Å². The summed E-state index contributed by atoms with van der Waals surface area (Å²) in [4.78, 5) is 0. The van der Waals surface area contributed by atoms with Gasteiger partial charge in [0.1, 0.15) is 5.82 Å². The molecule has 3 nitrogen and oxygen atoms in total. The molecule has 0 radical (unpaired) electrons. The number of rotatable bonds is 6. The van der Waals surface area contributed by atoms with Crippen LogP contribution in [0.1, 0.15) is 12.8 Å². The van der Waals surface area contributed by atoms with Gasteiger partial charge in [-0.1, -0.05) is 11.6 Å². The van der Waals surface area contributed by atoms with E-state index in [-0.39, 0.29) is 5.02 Å². The Morgan fingerprint density at radius 3 is 2.94 bits per heavy atom. The Hall–Kier alpha value is -1.00. The number of hydrogen-bond donors (Lipinski definition) is 2. The lowest BCUT2D eigenvalue weighted by molar-refractivity contribution is 0.134. The van der Waals surface area contributed by atoms with Crippen molar-refractivity contribution in [1.82, 2.24) is 0 Å². The zero-order valence-electron chi connectivity index (χ0n) is 9.51. The molecule has 1 aliphatic rings. The number of benzene rings is 1. The maximum absolute atomic E-state index is 13.2. The van der Waals surface area contributed by atoms with Crippen molar-refractivity contribution in [2.45, 2.75) is 12.8 Å². The van der Waals surface area contributed by atoms with E-state index in [0.29, 0.717) is 24.5 Å². The fourth-order valence-corrected chi connectivity index (χ4v) is 1.68. The Bertz CT molecular complexity index is 396. The number of hydrogen-bond acceptors (Lipinski definition) is 3. The Morgan fingerprint density at radius 1 is 1.47 bits per heavy atom. The molecule has 1 aliphatic carbocycles. The van der Waals surface area contributed by atoms with E-state index >= 15 is 0 Å². The van der Waals surface area contributed by atoms with Crippen LogP contribution in [0, 0.1) is 11.7 Å². The highest BCUT2D eigenvalue weighted by molar-refractivity contribution is 6.31. The van der Waals surface area contributed by atoms with Gasteiger partial charge >= 0.3 is 0 Å². The minimum absolute atomic E-state index is 0.0398. The molecule has 1 aromatic rings. The first-order valence-electron chi connectivity index (χ1n) is 5.73. The van der Waals surface area contributed by atoms with Gasteiger partial charge in [-0.25, -0.2) is 4.39 Å².